The number of hydrogen-bond donors (Lipinski definition) is 2. The van der Waals surface area contributed by atoms with Gasteiger partial charge in [0, 0.05) is 17.7 Å². The molecule has 0 saturated carbocycles. The molecule has 1 heterocycles. The predicted octanol–water partition coefficient (Wildman–Crippen LogP) is 1.82. The first-order chi connectivity index (χ1) is 10.5. The number of aromatic nitrogens is 2. The fraction of sp³-hybridized carbons (Fsp3) is 0.333. The van der Waals surface area contributed by atoms with Crippen LogP contribution in [0.25, 0.3) is 0 Å². The lowest BCUT2D eigenvalue weighted by atomic mass is 9.94. The molecule has 118 valence electrons. The van der Waals surface area contributed by atoms with Crippen molar-refractivity contribution >= 4 is 11.8 Å². The van der Waals surface area contributed by atoms with Gasteiger partial charge >= 0.3 is 0 Å². The number of rotatable bonds is 5. The molecule has 7 heteroatoms. The summed E-state index contributed by atoms with van der Waals surface area (Å²) < 4.78 is 16.1. The normalized spacial score (nSPS) is 11.8. The lowest BCUT2D eigenvalue weighted by Gasteiger charge is -2.18. The maximum absolute atomic E-state index is 5.94. The Morgan fingerprint density at radius 1 is 1.00 bits per heavy atom. The zero-order chi connectivity index (χ0) is 16.3. The molecule has 0 unspecified atom stereocenters. The fourth-order valence-electron chi connectivity index (χ4n) is 2.28. The van der Waals surface area contributed by atoms with Crippen LogP contribution in [0.4, 0.5) is 11.8 Å². The second-order valence-corrected chi connectivity index (χ2v) is 4.75. The van der Waals surface area contributed by atoms with E-state index in [1.165, 1.54) is 0 Å². The molecule has 0 radical (unpaired) electrons. The van der Waals surface area contributed by atoms with Gasteiger partial charge in [-0.15, -0.1) is 0 Å². The van der Waals surface area contributed by atoms with E-state index in [0.717, 1.165) is 11.1 Å². The number of nitrogen functional groups attached to an aromatic ring is 2. The van der Waals surface area contributed by atoms with E-state index in [4.69, 9.17) is 25.7 Å². The van der Waals surface area contributed by atoms with Gasteiger partial charge in [-0.3, -0.25) is 0 Å². The van der Waals surface area contributed by atoms with Gasteiger partial charge in [0.2, 0.25) is 11.7 Å². The average molecular weight is 304 g/mol. The van der Waals surface area contributed by atoms with E-state index in [9.17, 15) is 0 Å². The molecule has 0 spiro atoms. The van der Waals surface area contributed by atoms with E-state index >= 15 is 0 Å². The number of ether oxygens (including phenoxy) is 3. The topological polar surface area (TPSA) is 106 Å². The Morgan fingerprint density at radius 3 is 2.05 bits per heavy atom. The Hall–Kier alpha value is -2.70. The van der Waals surface area contributed by atoms with Crippen molar-refractivity contribution < 1.29 is 14.2 Å². The molecular formula is C15H20N4O3. The van der Waals surface area contributed by atoms with Crippen LogP contribution >= 0.6 is 0 Å². The van der Waals surface area contributed by atoms with Crippen LogP contribution in [0, 0.1) is 0 Å². The number of benzene rings is 1. The zero-order valence-electron chi connectivity index (χ0n) is 13.1. The van der Waals surface area contributed by atoms with Gasteiger partial charge in [-0.1, -0.05) is 6.92 Å². The van der Waals surface area contributed by atoms with E-state index in [-0.39, 0.29) is 11.9 Å². The number of nitrogens with zero attached hydrogens (tertiary/aromatic N) is 2. The molecular weight excluding hydrogens is 284 g/mol. The van der Waals surface area contributed by atoms with E-state index in [0.29, 0.717) is 23.1 Å². The Labute approximate surface area is 129 Å². The lowest BCUT2D eigenvalue weighted by Crippen LogP contribution is -2.07. The molecule has 0 bridgehead atoms. The van der Waals surface area contributed by atoms with Crippen LogP contribution in [0.1, 0.15) is 24.0 Å². The van der Waals surface area contributed by atoms with Crippen LogP contribution in [0.3, 0.4) is 0 Å². The van der Waals surface area contributed by atoms with Crippen LogP contribution in [-0.4, -0.2) is 31.3 Å². The van der Waals surface area contributed by atoms with Crippen molar-refractivity contribution in [2.75, 3.05) is 32.8 Å². The molecule has 2 rings (SSSR count). The Bertz CT molecular complexity index is 651. The first kappa shape index (κ1) is 15.7. The molecule has 0 amide bonds. The second kappa shape index (κ2) is 6.38. The number of anilines is 2. The van der Waals surface area contributed by atoms with Gasteiger partial charge < -0.3 is 25.7 Å². The third kappa shape index (κ3) is 2.83. The molecule has 0 saturated heterocycles. The van der Waals surface area contributed by atoms with Crippen LogP contribution in [0.5, 0.6) is 17.2 Å². The minimum Gasteiger partial charge on any atom is -0.493 e. The first-order valence-electron chi connectivity index (χ1n) is 6.69. The van der Waals surface area contributed by atoms with Crippen molar-refractivity contribution in [3.05, 3.63) is 29.5 Å². The minimum absolute atomic E-state index is 0.0608. The third-order valence-corrected chi connectivity index (χ3v) is 3.52. The minimum atomic E-state index is -0.0608. The standard InChI is InChI=1S/C15H20N4O3/c1-8(10-7-18-15(17)19-14(10)16)9-5-11(20-2)13(22-4)12(6-9)21-3/h5-8H,1-4H3,(H4,16,17,18,19)/t8-/m0/s1. The van der Waals surface area contributed by atoms with Gasteiger partial charge in [0.1, 0.15) is 5.82 Å². The smallest absolute Gasteiger partial charge is 0.221 e. The highest BCUT2D eigenvalue weighted by Gasteiger charge is 2.19. The van der Waals surface area contributed by atoms with Crippen molar-refractivity contribution in [2.45, 2.75) is 12.8 Å². The van der Waals surface area contributed by atoms with Gasteiger partial charge in [0.15, 0.2) is 11.5 Å². The molecule has 1 atom stereocenters. The summed E-state index contributed by atoms with van der Waals surface area (Å²) in [6.07, 6.45) is 1.63. The second-order valence-electron chi connectivity index (χ2n) is 4.75. The number of methoxy groups -OCH3 is 3. The van der Waals surface area contributed by atoms with E-state index in [1.807, 2.05) is 19.1 Å². The summed E-state index contributed by atoms with van der Waals surface area (Å²) in [4.78, 5) is 8.00. The van der Waals surface area contributed by atoms with Crippen molar-refractivity contribution in [3.63, 3.8) is 0 Å². The Morgan fingerprint density at radius 2 is 1.59 bits per heavy atom. The van der Waals surface area contributed by atoms with Crippen LogP contribution in [0.15, 0.2) is 18.3 Å². The zero-order valence-corrected chi connectivity index (χ0v) is 13.1. The SMILES string of the molecule is COc1cc([C@H](C)c2cnc(N)nc2N)cc(OC)c1OC. The van der Waals surface area contributed by atoms with Gasteiger partial charge in [-0.2, -0.15) is 4.98 Å². The van der Waals surface area contributed by atoms with Crippen LogP contribution in [0.2, 0.25) is 0 Å². The van der Waals surface area contributed by atoms with Crippen LogP contribution in [-0.2, 0) is 0 Å². The van der Waals surface area contributed by atoms with Gasteiger partial charge in [-0.25, -0.2) is 4.98 Å². The average Bonchev–Trinajstić information content (AvgIpc) is 2.52. The Balaban J connectivity index is 2.51. The van der Waals surface area contributed by atoms with Crippen LogP contribution < -0.4 is 25.7 Å². The summed E-state index contributed by atoms with van der Waals surface area (Å²) in [5, 5.41) is 0. The highest BCUT2D eigenvalue weighted by molar-refractivity contribution is 5.57. The third-order valence-electron chi connectivity index (χ3n) is 3.52. The molecule has 7 nitrogen and oxygen atoms in total. The summed E-state index contributed by atoms with van der Waals surface area (Å²) >= 11 is 0. The summed E-state index contributed by atoms with van der Waals surface area (Å²) in [5.74, 6) is 2.15. The van der Waals surface area contributed by atoms with Crippen molar-refractivity contribution in [1.82, 2.24) is 9.97 Å². The quantitative estimate of drug-likeness (QED) is 0.867. The lowest BCUT2D eigenvalue weighted by molar-refractivity contribution is 0.323. The van der Waals surface area contributed by atoms with E-state index in [2.05, 4.69) is 9.97 Å². The summed E-state index contributed by atoms with van der Waals surface area (Å²) in [5.41, 5.74) is 13.2. The van der Waals surface area contributed by atoms with Crippen molar-refractivity contribution in [1.29, 1.82) is 0 Å². The van der Waals surface area contributed by atoms with Gasteiger partial charge in [-0.05, 0) is 17.7 Å². The van der Waals surface area contributed by atoms with E-state index in [1.54, 1.807) is 27.5 Å². The summed E-state index contributed by atoms with van der Waals surface area (Å²) in [6.45, 7) is 1.99. The molecule has 22 heavy (non-hydrogen) atoms. The predicted molar refractivity (Wildman–Crippen MR) is 84.5 cm³/mol. The van der Waals surface area contributed by atoms with Crippen molar-refractivity contribution in [2.24, 2.45) is 0 Å². The van der Waals surface area contributed by atoms with Crippen molar-refractivity contribution in [3.8, 4) is 17.2 Å². The van der Waals surface area contributed by atoms with Gasteiger partial charge in [0.25, 0.3) is 0 Å². The molecule has 0 aliphatic heterocycles. The number of hydrogen-bond acceptors (Lipinski definition) is 7. The summed E-state index contributed by atoms with van der Waals surface area (Å²) in [7, 11) is 4.72. The molecule has 0 fully saturated rings. The molecule has 0 aliphatic carbocycles. The molecule has 1 aromatic heterocycles. The summed E-state index contributed by atoms with van der Waals surface area (Å²) in [6, 6.07) is 3.75. The maximum Gasteiger partial charge on any atom is 0.221 e. The fourth-order valence-corrected chi connectivity index (χ4v) is 2.28. The van der Waals surface area contributed by atoms with Gasteiger partial charge in [0.05, 0.1) is 21.3 Å². The monoisotopic (exact) mass is 304 g/mol. The molecule has 1 aromatic carbocycles. The highest BCUT2D eigenvalue weighted by Crippen LogP contribution is 2.41. The molecule has 2 aromatic rings. The number of nitrogens with two attached hydrogens (primary N) is 2. The first-order valence-corrected chi connectivity index (χ1v) is 6.69. The molecule has 0 aliphatic rings. The largest absolute Gasteiger partial charge is 0.493 e. The van der Waals surface area contributed by atoms with E-state index < -0.39 is 0 Å². The molecule has 4 N–H and O–H groups in total. The Kier molecular flexibility index (Phi) is 4.55. The highest BCUT2D eigenvalue weighted by atomic mass is 16.5. The maximum atomic E-state index is 5.94.